The second-order valence-corrected chi connectivity index (χ2v) is 10.3. The standard InChI is InChI=1S/C26H26BrNO3S/c1-26(2,3)18-9-11-19(12-10-18)30-13-14-31-24-20(27)15-17(16-22(24)29-4)25-28-21-7-5-6-8-23(21)32-25/h5-12,15-16H,13-14H2,1-4H3. The molecule has 0 fully saturated rings. The molecule has 0 aliphatic carbocycles. The van der Waals surface area contributed by atoms with Gasteiger partial charge in [-0.15, -0.1) is 11.3 Å². The molecule has 0 amide bonds. The summed E-state index contributed by atoms with van der Waals surface area (Å²) in [4.78, 5) is 4.74. The molecule has 1 aromatic heterocycles. The highest BCUT2D eigenvalue weighted by molar-refractivity contribution is 9.10. The Morgan fingerprint density at radius 1 is 0.938 bits per heavy atom. The lowest BCUT2D eigenvalue weighted by Gasteiger charge is -2.19. The van der Waals surface area contributed by atoms with Crippen LogP contribution in [0.25, 0.3) is 20.8 Å². The summed E-state index contributed by atoms with van der Waals surface area (Å²) in [5.41, 5.74) is 3.39. The van der Waals surface area contributed by atoms with Gasteiger partial charge >= 0.3 is 0 Å². The van der Waals surface area contributed by atoms with Crippen molar-refractivity contribution in [3.8, 4) is 27.8 Å². The number of halogens is 1. The number of benzene rings is 3. The van der Waals surface area contributed by atoms with Crippen molar-refractivity contribution < 1.29 is 14.2 Å². The monoisotopic (exact) mass is 511 g/mol. The van der Waals surface area contributed by atoms with Gasteiger partial charge in [-0.1, -0.05) is 45.0 Å². The van der Waals surface area contributed by atoms with Crippen molar-refractivity contribution in [1.29, 1.82) is 0 Å². The van der Waals surface area contributed by atoms with E-state index in [1.165, 1.54) is 5.56 Å². The molecular weight excluding hydrogens is 486 g/mol. The maximum absolute atomic E-state index is 5.99. The highest BCUT2D eigenvalue weighted by atomic mass is 79.9. The predicted octanol–water partition coefficient (Wildman–Crippen LogP) is 7.49. The van der Waals surface area contributed by atoms with Crippen LogP contribution in [0, 0.1) is 0 Å². The van der Waals surface area contributed by atoms with Crippen LogP contribution < -0.4 is 14.2 Å². The zero-order valence-corrected chi connectivity index (χ0v) is 21.0. The molecule has 4 rings (SSSR count). The van der Waals surface area contributed by atoms with Gasteiger partial charge in [-0.05, 0) is 63.3 Å². The Hall–Kier alpha value is -2.57. The van der Waals surface area contributed by atoms with Gasteiger partial charge in [0, 0.05) is 5.56 Å². The Morgan fingerprint density at radius 2 is 1.66 bits per heavy atom. The van der Waals surface area contributed by atoms with E-state index in [2.05, 4.69) is 54.9 Å². The fourth-order valence-electron chi connectivity index (χ4n) is 3.33. The maximum Gasteiger partial charge on any atom is 0.175 e. The van der Waals surface area contributed by atoms with Crippen molar-refractivity contribution >= 4 is 37.5 Å². The first kappa shape index (κ1) is 22.6. The molecule has 0 spiro atoms. The molecule has 0 saturated carbocycles. The average molecular weight is 512 g/mol. The van der Waals surface area contributed by atoms with Gasteiger partial charge in [0.1, 0.15) is 24.0 Å². The molecule has 0 unspecified atom stereocenters. The van der Waals surface area contributed by atoms with E-state index in [4.69, 9.17) is 19.2 Å². The molecular formula is C26H26BrNO3S. The molecule has 0 bridgehead atoms. The fourth-order valence-corrected chi connectivity index (χ4v) is 4.84. The van der Waals surface area contributed by atoms with E-state index in [1.807, 2.05) is 42.5 Å². The first-order valence-corrected chi connectivity index (χ1v) is 12.1. The first-order chi connectivity index (χ1) is 15.3. The fraction of sp³-hybridized carbons (Fsp3) is 0.269. The molecule has 0 saturated heterocycles. The van der Waals surface area contributed by atoms with Gasteiger partial charge in [-0.2, -0.15) is 0 Å². The molecule has 0 N–H and O–H groups in total. The number of thiazole rings is 1. The normalized spacial score (nSPS) is 11.5. The smallest absolute Gasteiger partial charge is 0.175 e. The second-order valence-electron chi connectivity index (χ2n) is 8.45. The van der Waals surface area contributed by atoms with Crippen molar-refractivity contribution in [3.63, 3.8) is 0 Å². The minimum absolute atomic E-state index is 0.127. The van der Waals surface area contributed by atoms with Crippen molar-refractivity contribution in [2.45, 2.75) is 26.2 Å². The van der Waals surface area contributed by atoms with Crippen LogP contribution in [0.15, 0.2) is 65.1 Å². The number of para-hydroxylation sites is 1. The van der Waals surface area contributed by atoms with E-state index >= 15 is 0 Å². The van der Waals surface area contributed by atoms with Crippen LogP contribution in [0.2, 0.25) is 0 Å². The topological polar surface area (TPSA) is 40.6 Å². The largest absolute Gasteiger partial charge is 0.493 e. The zero-order valence-electron chi connectivity index (χ0n) is 18.6. The minimum Gasteiger partial charge on any atom is -0.493 e. The Labute approximate surface area is 201 Å². The van der Waals surface area contributed by atoms with E-state index in [0.29, 0.717) is 24.7 Å². The summed E-state index contributed by atoms with van der Waals surface area (Å²) in [7, 11) is 1.64. The van der Waals surface area contributed by atoms with Gasteiger partial charge in [-0.25, -0.2) is 4.98 Å². The number of hydrogen-bond acceptors (Lipinski definition) is 5. The van der Waals surface area contributed by atoms with Crippen molar-refractivity contribution in [2.75, 3.05) is 20.3 Å². The molecule has 0 atom stereocenters. The lowest BCUT2D eigenvalue weighted by Crippen LogP contribution is -2.12. The number of nitrogens with zero attached hydrogens (tertiary/aromatic N) is 1. The van der Waals surface area contributed by atoms with Gasteiger partial charge in [0.25, 0.3) is 0 Å². The van der Waals surface area contributed by atoms with Crippen LogP contribution in [-0.4, -0.2) is 25.3 Å². The molecule has 0 radical (unpaired) electrons. The average Bonchev–Trinajstić information content (AvgIpc) is 3.21. The number of aromatic nitrogens is 1. The van der Waals surface area contributed by atoms with Gasteiger partial charge < -0.3 is 14.2 Å². The molecule has 4 nitrogen and oxygen atoms in total. The zero-order chi connectivity index (χ0) is 22.7. The molecule has 0 aliphatic heterocycles. The van der Waals surface area contributed by atoms with Crippen LogP contribution in [-0.2, 0) is 5.41 Å². The molecule has 32 heavy (non-hydrogen) atoms. The van der Waals surface area contributed by atoms with Crippen LogP contribution >= 0.6 is 27.3 Å². The van der Waals surface area contributed by atoms with Crippen LogP contribution in [0.4, 0.5) is 0 Å². The Morgan fingerprint density at radius 3 is 2.34 bits per heavy atom. The number of ether oxygens (including phenoxy) is 3. The summed E-state index contributed by atoms with van der Waals surface area (Å²) in [6, 6.07) is 20.3. The second kappa shape index (κ2) is 9.51. The predicted molar refractivity (Wildman–Crippen MR) is 135 cm³/mol. The molecule has 3 aromatic carbocycles. The summed E-state index contributed by atoms with van der Waals surface area (Å²) >= 11 is 5.29. The molecule has 4 aromatic rings. The quantitative estimate of drug-likeness (QED) is 0.241. The number of rotatable bonds is 7. The number of hydrogen-bond donors (Lipinski definition) is 0. The van der Waals surface area contributed by atoms with E-state index in [1.54, 1.807) is 18.4 Å². The van der Waals surface area contributed by atoms with Crippen molar-refractivity contribution in [2.24, 2.45) is 0 Å². The highest BCUT2D eigenvalue weighted by Crippen LogP contribution is 2.41. The number of fused-ring (bicyclic) bond motifs is 1. The third-order valence-electron chi connectivity index (χ3n) is 5.09. The van der Waals surface area contributed by atoms with Crippen molar-refractivity contribution in [3.05, 3.63) is 70.7 Å². The third-order valence-corrected chi connectivity index (χ3v) is 6.76. The summed E-state index contributed by atoms with van der Waals surface area (Å²) in [6.07, 6.45) is 0. The van der Waals surface area contributed by atoms with Crippen molar-refractivity contribution in [1.82, 2.24) is 4.98 Å². The van der Waals surface area contributed by atoms with Crippen LogP contribution in [0.5, 0.6) is 17.2 Å². The van der Waals surface area contributed by atoms with Crippen LogP contribution in [0.1, 0.15) is 26.3 Å². The summed E-state index contributed by atoms with van der Waals surface area (Å²) < 4.78 is 19.4. The van der Waals surface area contributed by atoms with Gasteiger partial charge in [0.05, 0.1) is 21.8 Å². The van der Waals surface area contributed by atoms with Gasteiger partial charge in [-0.3, -0.25) is 0 Å². The minimum atomic E-state index is 0.127. The number of methoxy groups -OCH3 is 1. The molecule has 0 aliphatic rings. The Balaban J connectivity index is 1.42. The van der Waals surface area contributed by atoms with E-state index in [0.717, 1.165) is 31.0 Å². The Bertz CT molecular complexity index is 1180. The maximum atomic E-state index is 5.99. The Kier molecular flexibility index (Phi) is 6.72. The summed E-state index contributed by atoms with van der Waals surface area (Å²) in [5, 5.41) is 0.943. The lowest BCUT2D eigenvalue weighted by molar-refractivity contribution is 0.210. The third kappa shape index (κ3) is 5.08. The summed E-state index contributed by atoms with van der Waals surface area (Å²) in [5.74, 6) is 2.14. The SMILES string of the molecule is COc1cc(-c2nc3ccccc3s2)cc(Br)c1OCCOc1ccc(C(C)(C)C)cc1. The lowest BCUT2D eigenvalue weighted by atomic mass is 9.87. The van der Waals surface area contributed by atoms with Gasteiger partial charge in [0.2, 0.25) is 0 Å². The first-order valence-electron chi connectivity index (χ1n) is 10.4. The van der Waals surface area contributed by atoms with Gasteiger partial charge in [0.15, 0.2) is 11.5 Å². The van der Waals surface area contributed by atoms with E-state index in [-0.39, 0.29) is 5.41 Å². The highest BCUT2D eigenvalue weighted by Gasteiger charge is 2.16. The van der Waals surface area contributed by atoms with Crippen LogP contribution in [0.3, 0.4) is 0 Å². The van der Waals surface area contributed by atoms with E-state index in [9.17, 15) is 0 Å². The molecule has 166 valence electrons. The molecule has 1 heterocycles. The summed E-state index contributed by atoms with van der Waals surface area (Å²) in [6.45, 7) is 7.43. The van der Waals surface area contributed by atoms with E-state index < -0.39 is 0 Å². The molecule has 6 heteroatoms.